The van der Waals surface area contributed by atoms with E-state index < -0.39 is 0 Å². The number of thioether (sulfide) groups is 1. The number of hydrogen-bond acceptors (Lipinski definition) is 3. The second-order valence-electron chi connectivity index (χ2n) is 5.38. The van der Waals surface area contributed by atoms with Gasteiger partial charge in [-0.15, -0.1) is 0 Å². The zero-order valence-electron chi connectivity index (χ0n) is 11.8. The van der Waals surface area contributed by atoms with Crippen molar-refractivity contribution >= 4 is 17.7 Å². The zero-order chi connectivity index (χ0) is 13.4. The van der Waals surface area contributed by atoms with Crippen LogP contribution in [-0.4, -0.2) is 47.1 Å². The molecule has 0 unspecified atom stereocenters. The van der Waals surface area contributed by atoms with E-state index in [-0.39, 0.29) is 17.9 Å². The third kappa shape index (κ3) is 4.47. The molecule has 0 bridgehead atoms. The Bertz CT molecular complexity index is 256. The number of carbonyl (C=O) groups is 1. The van der Waals surface area contributed by atoms with Gasteiger partial charge in [0, 0.05) is 18.5 Å². The Morgan fingerprint density at radius 1 is 1.39 bits per heavy atom. The van der Waals surface area contributed by atoms with E-state index in [9.17, 15) is 9.90 Å². The van der Waals surface area contributed by atoms with Gasteiger partial charge in [-0.3, -0.25) is 4.79 Å². The Morgan fingerprint density at radius 3 is 2.78 bits per heavy atom. The van der Waals surface area contributed by atoms with Gasteiger partial charge in [-0.05, 0) is 31.4 Å². The average Bonchev–Trinajstić information content (AvgIpc) is 2.39. The monoisotopic (exact) mass is 273 g/mol. The zero-order valence-corrected chi connectivity index (χ0v) is 12.6. The molecule has 1 atom stereocenters. The van der Waals surface area contributed by atoms with Gasteiger partial charge < -0.3 is 10.0 Å². The first kappa shape index (κ1) is 15.8. The fourth-order valence-corrected chi connectivity index (χ4v) is 3.55. The molecule has 106 valence electrons. The number of amides is 1. The van der Waals surface area contributed by atoms with Gasteiger partial charge >= 0.3 is 0 Å². The van der Waals surface area contributed by atoms with Crippen LogP contribution < -0.4 is 0 Å². The van der Waals surface area contributed by atoms with Gasteiger partial charge in [0.05, 0.1) is 12.4 Å². The maximum Gasteiger partial charge on any atom is 0.232 e. The molecule has 1 rings (SSSR count). The predicted molar refractivity (Wildman–Crippen MR) is 77.9 cm³/mol. The van der Waals surface area contributed by atoms with E-state index in [1.807, 2.05) is 4.90 Å². The number of likely N-dealkylation sites (tertiary alicyclic amines) is 1. The van der Waals surface area contributed by atoms with Crippen LogP contribution in [0.2, 0.25) is 0 Å². The molecule has 4 heteroatoms. The number of nitrogens with zero attached hydrogens (tertiary/aromatic N) is 1. The van der Waals surface area contributed by atoms with Crippen molar-refractivity contribution in [2.75, 3.05) is 31.2 Å². The van der Waals surface area contributed by atoms with Crippen molar-refractivity contribution < 1.29 is 9.90 Å². The van der Waals surface area contributed by atoms with Crippen molar-refractivity contribution in [2.45, 2.75) is 46.0 Å². The highest BCUT2D eigenvalue weighted by atomic mass is 32.2. The summed E-state index contributed by atoms with van der Waals surface area (Å²) in [6.45, 7) is 6.12. The van der Waals surface area contributed by atoms with Gasteiger partial charge in [0.2, 0.25) is 5.91 Å². The quantitative estimate of drug-likeness (QED) is 0.725. The Balaban J connectivity index is 2.48. The van der Waals surface area contributed by atoms with Gasteiger partial charge in [-0.1, -0.05) is 20.3 Å². The van der Waals surface area contributed by atoms with Crippen LogP contribution in [0.1, 0.15) is 46.0 Å². The number of rotatable bonds is 7. The maximum absolute atomic E-state index is 12.1. The Kier molecular flexibility index (Phi) is 7.08. The van der Waals surface area contributed by atoms with Crippen LogP contribution in [0.15, 0.2) is 0 Å². The second-order valence-corrected chi connectivity index (χ2v) is 6.48. The van der Waals surface area contributed by atoms with Crippen LogP contribution in [0.5, 0.6) is 0 Å². The summed E-state index contributed by atoms with van der Waals surface area (Å²) in [5, 5.41) is 9.64. The van der Waals surface area contributed by atoms with Crippen molar-refractivity contribution in [1.82, 2.24) is 4.90 Å². The molecule has 0 saturated carbocycles. The van der Waals surface area contributed by atoms with Crippen LogP contribution in [0.3, 0.4) is 0 Å². The largest absolute Gasteiger partial charge is 0.396 e. The summed E-state index contributed by atoms with van der Waals surface area (Å²) in [7, 11) is 0. The van der Waals surface area contributed by atoms with E-state index >= 15 is 0 Å². The molecule has 0 radical (unpaired) electrons. The maximum atomic E-state index is 12.1. The minimum absolute atomic E-state index is 0.0297. The Hall–Kier alpha value is -0.220. The molecule has 3 nitrogen and oxygen atoms in total. The molecule has 0 aromatic rings. The summed E-state index contributed by atoms with van der Waals surface area (Å²) in [5.74, 6) is 1.91. The molecular formula is C14H27NO2S. The van der Waals surface area contributed by atoms with Crippen LogP contribution in [0, 0.1) is 5.41 Å². The van der Waals surface area contributed by atoms with Gasteiger partial charge in [0.1, 0.15) is 0 Å². The molecule has 1 amide bonds. The van der Waals surface area contributed by atoms with E-state index in [0.717, 1.165) is 50.9 Å². The summed E-state index contributed by atoms with van der Waals surface area (Å²) >= 11 is 1.72. The van der Waals surface area contributed by atoms with Gasteiger partial charge in [-0.2, -0.15) is 11.8 Å². The lowest BCUT2D eigenvalue weighted by Gasteiger charge is -2.42. The summed E-state index contributed by atoms with van der Waals surface area (Å²) in [6.07, 6.45) is 5.31. The highest BCUT2D eigenvalue weighted by molar-refractivity contribution is 7.99. The van der Waals surface area contributed by atoms with Crippen molar-refractivity contribution in [3.8, 4) is 0 Å². The van der Waals surface area contributed by atoms with Gasteiger partial charge in [-0.25, -0.2) is 0 Å². The third-order valence-corrected chi connectivity index (χ3v) is 4.85. The van der Waals surface area contributed by atoms with Crippen molar-refractivity contribution in [3.05, 3.63) is 0 Å². The van der Waals surface area contributed by atoms with E-state index in [1.165, 1.54) is 0 Å². The molecule has 0 aliphatic carbocycles. The minimum Gasteiger partial charge on any atom is -0.396 e. The second kappa shape index (κ2) is 8.05. The van der Waals surface area contributed by atoms with E-state index in [4.69, 9.17) is 0 Å². The van der Waals surface area contributed by atoms with Crippen LogP contribution >= 0.6 is 11.8 Å². The van der Waals surface area contributed by atoms with Crippen molar-refractivity contribution in [1.29, 1.82) is 0 Å². The van der Waals surface area contributed by atoms with Crippen molar-refractivity contribution in [3.63, 3.8) is 0 Å². The fraction of sp³-hybridized carbons (Fsp3) is 0.929. The third-order valence-electron chi connectivity index (χ3n) is 3.70. The highest BCUT2D eigenvalue weighted by Gasteiger charge is 2.35. The fourth-order valence-electron chi connectivity index (χ4n) is 2.76. The molecule has 1 fully saturated rings. The van der Waals surface area contributed by atoms with Crippen molar-refractivity contribution in [2.24, 2.45) is 5.41 Å². The molecular weight excluding hydrogens is 246 g/mol. The highest BCUT2D eigenvalue weighted by Crippen LogP contribution is 2.34. The lowest BCUT2D eigenvalue weighted by atomic mass is 9.77. The summed E-state index contributed by atoms with van der Waals surface area (Å²) in [4.78, 5) is 14.1. The van der Waals surface area contributed by atoms with E-state index in [0.29, 0.717) is 5.75 Å². The number of aliphatic hydroxyl groups excluding tert-OH is 1. The van der Waals surface area contributed by atoms with Gasteiger partial charge in [0.15, 0.2) is 0 Å². The SMILES string of the molecule is CCCSCC(=O)N1CCC[C@](CO)(CCC)C1. The summed E-state index contributed by atoms with van der Waals surface area (Å²) in [6, 6.07) is 0. The molecule has 1 heterocycles. The molecule has 0 spiro atoms. The minimum atomic E-state index is -0.0297. The topological polar surface area (TPSA) is 40.5 Å². The molecule has 1 aliphatic heterocycles. The molecule has 0 aromatic carbocycles. The standard InChI is InChI=1S/C14H27NO2S/c1-3-6-14(12-16)7-5-8-15(11-14)13(17)10-18-9-4-2/h16H,3-12H2,1-2H3/t14-/m1/s1. The lowest BCUT2D eigenvalue weighted by molar-refractivity contribution is -0.132. The van der Waals surface area contributed by atoms with E-state index in [2.05, 4.69) is 13.8 Å². The van der Waals surface area contributed by atoms with Crippen LogP contribution in [0.25, 0.3) is 0 Å². The summed E-state index contributed by atoms with van der Waals surface area (Å²) < 4.78 is 0. The Labute approximate surface area is 115 Å². The smallest absolute Gasteiger partial charge is 0.232 e. The first-order chi connectivity index (χ1) is 8.67. The molecule has 1 N–H and O–H groups in total. The first-order valence-electron chi connectivity index (χ1n) is 7.14. The number of carbonyl (C=O) groups excluding carboxylic acids is 1. The van der Waals surface area contributed by atoms with E-state index in [1.54, 1.807) is 11.8 Å². The van der Waals surface area contributed by atoms with Crippen LogP contribution in [-0.2, 0) is 4.79 Å². The molecule has 1 saturated heterocycles. The molecule has 0 aromatic heterocycles. The number of aliphatic hydroxyl groups is 1. The Morgan fingerprint density at radius 2 is 2.17 bits per heavy atom. The van der Waals surface area contributed by atoms with Crippen LogP contribution in [0.4, 0.5) is 0 Å². The summed E-state index contributed by atoms with van der Waals surface area (Å²) in [5.41, 5.74) is -0.0297. The average molecular weight is 273 g/mol. The number of hydrogen-bond donors (Lipinski definition) is 1. The normalized spacial score (nSPS) is 24.3. The van der Waals surface area contributed by atoms with Gasteiger partial charge in [0.25, 0.3) is 0 Å². The first-order valence-corrected chi connectivity index (χ1v) is 8.29. The number of piperidine rings is 1. The predicted octanol–water partition coefficient (Wildman–Crippen LogP) is 2.53. The molecule has 18 heavy (non-hydrogen) atoms. The lowest BCUT2D eigenvalue weighted by Crippen LogP contribution is -2.48. The molecule has 1 aliphatic rings.